The normalized spacial score (nSPS) is 13.9. The summed E-state index contributed by atoms with van der Waals surface area (Å²) in [6.07, 6.45) is 10.0. The van der Waals surface area contributed by atoms with E-state index < -0.39 is 0 Å². The van der Waals surface area contributed by atoms with Crippen LogP contribution >= 0.6 is 0 Å². The standard InChI is InChI=1S/C21H24O/c1-2-17-9-11-18(12-10-17)6-3-4-7-19-13-14-20-8-5-15-22-21(20)16-19/h4,7,9-14,16H,2-3,5-6,8,15H2,1H3/b7-4+. The van der Waals surface area contributed by atoms with E-state index in [0.717, 1.165) is 44.5 Å². The summed E-state index contributed by atoms with van der Waals surface area (Å²) in [6, 6.07) is 15.5. The summed E-state index contributed by atoms with van der Waals surface area (Å²) < 4.78 is 5.73. The summed E-state index contributed by atoms with van der Waals surface area (Å²) in [7, 11) is 0. The maximum absolute atomic E-state index is 5.73. The van der Waals surface area contributed by atoms with Crippen LogP contribution in [0.5, 0.6) is 5.75 Å². The topological polar surface area (TPSA) is 9.23 Å². The lowest BCUT2D eigenvalue weighted by atomic mass is 10.0. The van der Waals surface area contributed by atoms with Crippen molar-refractivity contribution in [3.8, 4) is 5.75 Å². The second-order valence-electron chi connectivity index (χ2n) is 5.93. The van der Waals surface area contributed by atoms with E-state index in [1.807, 2.05) is 0 Å². The van der Waals surface area contributed by atoms with Crippen LogP contribution in [0.1, 0.15) is 42.0 Å². The van der Waals surface area contributed by atoms with E-state index in [2.05, 4.69) is 61.5 Å². The van der Waals surface area contributed by atoms with Crippen LogP contribution in [0.2, 0.25) is 0 Å². The van der Waals surface area contributed by atoms with E-state index in [0.29, 0.717) is 0 Å². The van der Waals surface area contributed by atoms with Gasteiger partial charge < -0.3 is 4.74 Å². The molecule has 0 N–H and O–H groups in total. The largest absolute Gasteiger partial charge is 0.493 e. The van der Waals surface area contributed by atoms with Crippen LogP contribution in [-0.2, 0) is 19.3 Å². The summed E-state index contributed by atoms with van der Waals surface area (Å²) in [5.74, 6) is 1.07. The molecule has 0 bridgehead atoms. The van der Waals surface area contributed by atoms with Gasteiger partial charge in [-0.1, -0.05) is 55.5 Å². The predicted octanol–water partition coefficient (Wildman–Crippen LogP) is 5.22. The lowest BCUT2D eigenvalue weighted by molar-refractivity contribution is 0.288. The Morgan fingerprint density at radius 1 is 1.05 bits per heavy atom. The van der Waals surface area contributed by atoms with Gasteiger partial charge in [0, 0.05) is 0 Å². The Balaban J connectivity index is 1.55. The van der Waals surface area contributed by atoms with Crippen LogP contribution in [0, 0.1) is 0 Å². The Hall–Kier alpha value is -2.02. The molecule has 3 rings (SSSR count). The molecule has 22 heavy (non-hydrogen) atoms. The third kappa shape index (κ3) is 3.79. The molecule has 0 aromatic heterocycles. The molecule has 0 atom stereocenters. The summed E-state index contributed by atoms with van der Waals surface area (Å²) in [4.78, 5) is 0. The lowest BCUT2D eigenvalue weighted by Crippen LogP contribution is -2.07. The number of benzene rings is 2. The maximum Gasteiger partial charge on any atom is 0.123 e. The van der Waals surface area contributed by atoms with Gasteiger partial charge in [0.1, 0.15) is 5.75 Å². The zero-order chi connectivity index (χ0) is 15.2. The first-order valence-electron chi connectivity index (χ1n) is 8.35. The fraction of sp³-hybridized carbons (Fsp3) is 0.333. The molecule has 0 unspecified atom stereocenters. The number of aryl methyl sites for hydroxylation is 3. The van der Waals surface area contributed by atoms with Crippen molar-refractivity contribution in [3.05, 3.63) is 70.8 Å². The number of fused-ring (bicyclic) bond motifs is 1. The predicted molar refractivity (Wildman–Crippen MR) is 93.4 cm³/mol. The Kier molecular flexibility index (Phi) is 4.95. The number of rotatable bonds is 5. The van der Waals surface area contributed by atoms with E-state index in [1.54, 1.807) is 0 Å². The Labute approximate surface area is 133 Å². The molecule has 0 fully saturated rings. The summed E-state index contributed by atoms with van der Waals surface area (Å²) in [5.41, 5.74) is 5.41. The highest BCUT2D eigenvalue weighted by atomic mass is 16.5. The molecule has 0 aliphatic carbocycles. The molecular weight excluding hydrogens is 268 g/mol. The highest BCUT2D eigenvalue weighted by Crippen LogP contribution is 2.26. The molecule has 0 amide bonds. The van der Waals surface area contributed by atoms with Gasteiger partial charge in [-0.3, -0.25) is 0 Å². The van der Waals surface area contributed by atoms with Crippen LogP contribution in [0.15, 0.2) is 48.5 Å². The van der Waals surface area contributed by atoms with Gasteiger partial charge >= 0.3 is 0 Å². The number of hydrogen-bond donors (Lipinski definition) is 0. The van der Waals surface area contributed by atoms with Crippen LogP contribution in [0.25, 0.3) is 6.08 Å². The van der Waals surface area contributed by atoms with Crippen molar-refractivity contribution in [2.24, 2.45) is 0 Å². The quantitative estimate of drug-likeness (QED) is 0.734. The van der Waals surface area contributed by atoms with Gasteiger partial charge in [-0.25, -0.2) is 0 Å². The number of hydrogen-bond acceptors (Lipinski definition) is 1. The Morgan fingerprint density at radius 3 is 2.68 bits per heavy atom. The first-order valence-corrected chi connectivity index (χ1v) is 8.35. The fourth-order valence-corrected chi connectivity index (χ4v) is 2.87. The van der Waals surface area contributed by atoms with E-state index in [1.165, 1.54) is 22.3 Å². The first-order chi connectivity index (χ1) is 10.8. The van der Waals surface area contributed by atoms with E-state index in [4.69, 9.17) is 4.74 Å². The maximum atomic E-state index is 5.73. The molecule has 2 aromatic carbocycles. The lowest BCUT2D eigenvalue weighted by Gasteiger charge is -2.17. The Bertz CT molecular complexity index is 637. The van der Waals surface area contributed by atoms with Gasteiger partial charge in [-0.15, -0.1) is 0 Å². The van der Waals surface area contributed by atoms with Crippen molar-refractivity contribution in [1.82, 2.24) is 0 Å². The fourth-order valence-electron chi connectivity index (χ4n) is 2.87. The van der Waals surface area contributed by atoms with E-state index >= 15 is 0 Å². The van der Waals surface area contributed by atoms with Gasteiger partial charge in [0.15, 0.2) is 0 Å². The number of allylic oxidation sites excluding steroid dienone is 1. The summed E-state index contributed by atoms with van der Waals surface area (Å²) >= 11 is 0. The van der Waals surface area contributed by atoms with Crippen LogP contribution < -0.4 is 4.74 Å². The van der Waals surface area contributed by atoms with Crippen LogP contribution in [-0.4, -0.2) is 6.61 Å². The molecule has 1 aliphatic heterocycles. The van der Waals surface area contributed by atoms with Crippen molar-refractivity contribution in [2.45, 2.75) is 39.0 Å². The van der Waals surface area contributed by atoms with Gasteiger partial charge in [-0.2, -0.15) is 0 Å². The third-order valence-corrected chi connectivity index (χ3v) is 4.28. The van der Waals surface area contributed by atoms with E-state index in [-0.39, 0.29) is 0 Å². The third-order valence-electron chi connectivity index (χ3n) is 4.28. The summed E-state index contributed by atoms with van der Waals surface area (Å²) in [5, 5.41) is 0. The van der Waals surface area contributed by atoms with Crippen molar-refractivity contribution in [3.63, 3.8) is 0 Å². The molecular formula is C21H24O. The highest BCUT2D eigenvalue weighted by Gasteiger charge is 2.09. The molecule has 1 aliphatic rings. The molecule has 0 saturated heterocycles. The molecule has 0 radical (unpaired) electrons. The molecule has 2 aromatic rings. The van der Waals surface area contributed by atoms with E-state index in [9.17, 15) is 0 Å². The molecule has 1 heterocycles. The zero-order valence-corrected chi connectivity index (χ0v) is 13.3. The zero-order valence-electron chi connectivity index (χ0n) is 13.3. The minimum absolute atomic E-state index is 0.855. The van der Waals surface area contributed by atoms with Gasteiger partial charge in [0.05, 0.1) is 6.61 Å². The number of ether oxygens (including phenoxy) is 1. The molecule has 114 valence electrons. The van der Waals surface area contributed by atoms with Crippen LogP contribution in [0.3, 0.4) is 0 Å². The summed E-state index contributed by atoms with van der Waals surface area (Å²) in [6.45, 7) is 3.05. The van der Waals surface area contributed by atoms with Crippen molar-refractivity contribution >= 4 is 6.08 Å². The Morgan fingerprint density at radius 2 is 1.86 bits per heavy atom. The minimum Gasteiger partial charge on any atom is -0.493 e. The first kappa shape index (κ1) is 14.9. The minimum atomic E-state index is 0.855. The molecule has 1 nitrogen and oxygen atoms in total. The SMILES string of the molecule is CCc1ccc(CC/C=C/c2ccc3c(c2)OCCC3)cc1. The van der Waals surface area contributed by atoms with Crippen molar-refractivity contribution in [2.75, 3.05) is 6.61 Å². The monoisotopic (exact) mass is 292 g/mol. The highest BCUT2D eigenvalue weighted by molar-refractivity contribution is 5.54. The molecule has 0 spiro atoms. The average molecular weight is 292 g/mol. The second kappa shape index (κ2) is 7.31. The van der Waals surface area contributed by atoms with Gasteiger partial charge in [0.2, 0.25) is 0 Å². The second-order valence-corrected chi connectivity index (χ2v) is 5.93. The van der Waals surface area contributed by atoms with Crippen LogP contribution in [0.4, 0.5) is 0 Å². The smallest absolute Gasteiger partial charge is 0.123 e. The van der Waals surface area contributed by atoms with Crippen molar-refractivity contribution in [1.29, 1.82) is 0 Å². The molecule has 0 saturated carbocycles. The van der Waals surface area contributed by atoms with Crippen molar-refractivity contribution < 1.29 is 4.74 Å². The molecule has 1 heteroatoms. The average Bonchev–Trinajstić information content (AvgIpc) is 2.59. The van der Waals surface area contributed by atoms with Gasteiger partial charge in [0.25, 0.3) is 0 Å². The van der Waals surface area contributed by atoms with Gasteiger partial charge in [-0.05, 0) is 60.4 Å².